The van der Waals surface area contributed by atoms with E-state index >= 15 is 0 Å². The molecule has 266 valence electrons. The zero-order chi connectivity index (χ0) is 37.5. The van der Waals surface area contributed by atoms with Crippen LogP contribution in [0.25, 0.3) is 105 Å². The minimum Gasteiger partial charge on any atom is -0.309 e. The second-order valence-corrected chi connectivity index (χ2v) is 15.0. The van der Waals surface area contributed by atoms with Crippen molar-refractivity contribution in [2.75, 3.05) is 0 Å². The average Bonchev–Trinajstić information content (AvgIpc) is 3.92. The maximum Gasteiger partial charge on any atom is 0.0542 e. The van der Waals surface area contributed by atoms with E-state index in [0.717, 1.165) is 17.1 Å². The Morgan fingerprint density at radius 3 is 1.00 bits per heavy atom. The van der Waals surface area contributed by atoms with Crippen molar-refractivity contribution in [3.8, 4) is 39.3 Å². The molecule has 3 heteroatoms. The summed E-state index contributed by atoms with van der Waals surface area (Å²) in [5.41, 5.74) is 15.4. The molecule has 0 saturated carbocycles. The highest BCUT2D eigenvalue weighted by atomic mass is 15.0. The summed E-state index contributed by atoms with van der Waals surface area (Å²) in [7, 11) is 0. The molecule has 0 aliphatic carbocycles. The van der Waals surface area contributed by atoms with Crippen molar-refractivity contribution in [3.05, 3.63) is 212 Å². The van der Waals surface area contributed by atoms with Crippen molar-refractivity contribution in [1.29, 1.82) is 0 Å². The Hall–Kier alpha value is -7.62. The lowest BCUT2D eigenvalue weighted by Crippen LogP contribution is -1.96. The Morgan fingerprint density at radius 2 is 0.526 bits per heavy atom. The van der Waals surface area contributed by atoms with Gasteiger partial charge in [0.05, 0.1) is 33.1 Å². The van der Waals surface area contributed by atoms with E-state index in [-0.39, 0.29) is 0 Å². The van der Waals surface area contributed by atoms with Crippen LogP contribution in [0.2, 0.25) is 0 Å². The van der Waals surface area contributed by atoms with Crippen LogP contribution in [0, 0.1) is 0 Å². The molecule has 57 heavy (non-hydrogen) atoms. The SMILES string of the molecule is c1ccc(-c2cccc(-c3cccc(-n4c5ccc(-n6c7ccccc7c7ccccc76)cc5c5cc(-n6c7ccccc7c7ccccc76)ccc54)c3)c2)cc1. The predicted molar refractivity (Wildman–Crippen MR) is 240 cm³/mol. The number of nitrogens with zero attached hydrogens (tertiary/aromatic N) is 3. The maximum absolute atomic E-state index is 2.44. The Bertz CT molecular complexity index is 3250. The number of fused-ring (bicyclic) bond motifs is 9. The Labute approximate surface area is 329 Å². The first-order valence-corrected chi connectivity index (χ1v) is 19.6. The second-order valence-electron chi connectivity index (χ2n) is 15.0. The van der Waals surface area contributed by atoms with Gasteiger partial charge >= 0.3 is 0 Å². The summed E-state index contributed by atoms with van der Waals surface area (Å²) < 4.78 is 7.29. The molecule has 3 heterocycles. The molecule has 3 aromatic heterocycles. The van der Waals surface area contributed by atoms with Gasteiger partial charge in [0, 0.05) is 49.4 Å². The molecule has 0 aliphatic heterocycles. The molecule has 3 nitrogen and oxygen atoms in total. The molecule has 0 atom stereocenters. The fourth-order valence-corrected chi connectivity index (χ4v) is 9.29. The van der Waals surface area contributed by atoms with Gasteiger partial charge in [0.1, 0.15) is 0 Å². The lowest BCUT2D eigenvalue weighted by Gasteiger charge is -2.12. The molecule has 0 aliphatic rings. The maximum atomic E-state index is 2.44. The van der Waals surface area contributed by atoms with Gasteiger partial charge in [0.15, 0.2) is 0 Å². The van der Waals surface area contributed by atoms with Crippen molar-refractivity contribution in [1.82, 2.24) is 13.7 Å². The fourth-order valence-electron chi connectivity index (χ4n) is 9.29. The minimum absolute atomic E-state index is 1.13. The molecular formula is C54H35N3. The molecule has 0 fully saturated rings. The van der Waals surface area contributed by atoms with Crippen LogP contribution in [0.15, 0.2) is 212 Å². The van der Waals surface area contributed by atoms with Gasteiger partial charge in [-0.3, -0.25) is 0 Å². The third-order valence-corrected chi connectivity index (χ3v) is 11.8. The summed E-state index contributed by atoms with van der Waals surface area (Å²) in [5, 5.41) is 7.47. The molecule has 0 spiro atoms. The summed E-state index contributed by atoms with van der Waals surface area (Å²) >= 11 is 0. The minimum atomic E-state index is 1.13. The van der Waals surface area contributed by atoms with Crippen molar-refractivity contribution >= 4 is 65.4 Å². The number of benzene rings is 9. The first-order chi connectivity index (χ1) is 28.3. The van der Waals surface area contributed by atoms with Crippen LogP contribution in [-0.2, 0) is 0 Å². The first kappa shape index (κ1) is 31.7. The molecule has 0 unspecified atom stereocenters. The van der Waals surface area contributed by atoms with Gasteiger partial charge < -0.3 is 13.7 Å². The lowest BCUT2D eigenvalue weighted by molar-refractivity contribution is 1.16. The van der Waals surface area contributed by atoms with E-state index in [4.69, 9.17) is 0 Å². The Balaban J connectivity index is 1.11. The van der Waals surface area contributed by atoms with Gasteiger partial charge in [-0.1, -0.05) is 133 Å². The van der Waals surface area contributed by atoms with Crippen molar-refractivity contribution in [2.45, 2.75) is 0 Å². The molecule has 12 rings (SSSR count). The highest BCUT2D eigenvalue weighted by Gasteiger charge is 2.19. The predicted octanol–water partition coefficient (Wildman–Crippen LogP) is 14.3. The fraction of sp³-hybridized carbons (Fsp3) is 0. The summed E-state index contributed by atoms with van der Waals surface area (Å²) in [4.78, 5) is 0. The van der Waals surface area contributed by atoms with E-state index < -0.39 is 0 Å². The van der Waals surface area contributed by atoms with Crippen LogP contribution in [-0.4, -0.2) is 13.7 Å². The van der Waals surface area contributed by atoms with E-state index in [1.807, 2.05) is 0 Å². The van der Waals surface area contributed by atoms with Crippen LogP contribution in [0.1, 0.15) is 0 Å². The van der Waals surface area contributed by atoms with Gasteiger partial charge in [-0.05, 0) is 101 Å². The quantitative estimate of drug-likeness (QED) is 0.168. The van der Waals surface area contributed by atoms with E-state index in [1.54, 1.807) is 0 Å². The Kier molecular flexibility index (Phi) is 6.93. The summed E-state index contributed by atoms with van der Waals surface area (Å²) in [5.74, 6) is 0. The van der Waals surface area contributed by atoms with Crippen LogP contribution in [0.5, 0.6) is 0 Å². The molecule has 9 aromatic carbocycles. The largest absolute Gasteiger partial charge is 0.309 e. The highest BCUT2D eigenvalue weighted by Crippen LogP contribution is 2.40. The van der Waals surface area contributed by atoms with E-state index in [1.165, 1.54) is 87.7 Å². The van der Waals surface area contributed by atoms with Crippen molar-refractivity contribution in [2.24, 2.45) is 0 Å². The van der Waals surface area contributed by atoms with Crippen LogP contribution in [0.4, 0.5) is 0 Å². The standard InChI is InChI=1S/C54H35N3/c1-2-14-36(15-3-1)37-16-12-17-38(32-37)39-18-13-19-40(33-39)55-53-30-28-41(56-49-24-8-4-20-43(49)44-21-5-9-25-50(44)56)34-47(53)48-35-42(29-31-54(48)55)57-51-26-10-6-22-45(51)46-23-7-11-27-52(46)57/h1-35H. The van der Waals surface area contributed by atoms with Gasteiger partial charge in [-0.2, -0.15) is 0 Å². The Morgan fingerprint density at radius 1 is 0.193 bits per heavy atom. The normalized spacial score (nSPS) is 11.9. The summed E-state index contributed by atoms with van der Waals surface area (Å²) in [6, 6.07) is 77.5. The van der Waals surface area contributed by atoms with Crippen LogP contribution < -0.4 is 0 Å². The number of aromatic nitrogens is 3. The molecule has 0 saturated heterocycles. The molecule has 0 bridgehead atoms. The number of hydrogen-bond acceptors (Lipinski definition) is 0. The zero-order valence-corrected chi connectivity index (χ0v) is 31.0. The molecule has 0 radical (unpaired) electrons. The van der Waals surface area contributed by atoms with Gasteiger partial charge in [-0.15, -0.1) is 0 Å². The van der Waals surface area contributed by atoms with Crippen LogP contribution in [0.3, 0.4) is 0 Å². The van der Waals surface area contributed by atoms with Crippen molar-refractivity contribution < 1.29 is 0 Å². The van der Waals surface area contributed by atoms with E-state index in [9.17, 15) is 0 Å². The topological polar surface area (TPSA) is 14.8 Å². The lowest BCUT2D eigenvalue weighted by atomic mass is 9.99. The summed E-state index contributed by atoms with van der Waals surface area (Å²) in [6.45, 7) is 0. The number of para-hydroxylation sites is 4. The van der Waals surface area contributed by atoms with Gasteiger partial charge in [0.2, 0.25) is 0 Å². The second kappa shape index (κ2) is 12.5. The molecular weight excluding hydrogens is 691 g/mol. The van der Waals surface area contributed by atoms with Gasteiger partial charge in [-0.25, -0.2) is 0 Å². The molecule has 0 amide bonds. The average molecular weight is 726 g/mol. The van der Waals surface area contributed by atoms with E-state index in [0.29, 0.717) is 0 Å². The first-order valence-electron chi connectivity index (χ1n) is 19.6. The summed E-state index contributed by atoms with van der Waals surface area (Å²) in [6.07, 6.45) is 0. The number of hydrogen-bond donors (Lipinski definition) is 0. The highest BCUT2D eigenvalue weighted by molar-refractivity contribution is 6.14. The van der Waals surface area contributed by atoms with Gasteiger partial charge in [0.25, 0.3) is 0 Å². The van der Waals surface area contributed by atoms with E-state index in [2.05, 4.69) is 226 Å². The van der Waals surface area contributed by atoms with Crippen LogP contribution >= 0.6 is 0 Å². The third-order valence-electron chi connectivity index (χ3n) is 11.8. The monoisotopic (exact) mass is 725 g/mol. The smallest absolute Gasteiger partial charge is 0.0542 e. The molecule has 12 aromatic rings. The molecule has 0 N–H and O–H groups in total. The zero-order valence-electron chi connectivity index (χ0n) is 31.0. The number of rotatable bonds is 5. The van der Waals surface area contributed by atoms with Crippen molar-refractivity contribution in [3.63, 3.8) is 0 Å². The third kappa shape index (κ3) is 4.86.